The number of hydrogen-bond acceptors (Lipinski definition) is 2. The fourth-order valence-corrected chi connectivity index (χ4v) is 0.697. The van der Waals surface area contributed by atoms with Crippen LogP contribution in [-0.2, 0) is 4.79 Å². The summed E-state index contributed by atoms with van der Waals surface area (Å²) in [5, 5.41) is 2.86. The van der Waals surface area contributed by atoms with Gasteiger partial charge in [-0.15, -0.1) is 0 Å². The van der Waals surface area contributed by atoms with Gasteiger partial charge in [-0.2, -0.15) is 0 Å². The lowest BCUT2D eigenvalue weighted by Crippen LogP contribution is -2.22. The van der Waals surface area contributed by atoms with Crippen LogP contribution in [0.2, 0.25) is 0 Å². The number of likely N-dealkylation sites (N-methyl/N-ethyl adjacent to an activating group) is 1. The maximum Gasteiger partial charge on any atom is 0.245 e. The van der Waals surface area contributed by atoms with Crippen LogP contribution in [0.1, 0.15) is 13.3 Å². The van der Waals surface area contributed by atoms with Gasteiger partial charge in [0.25, 0.3) is 0 Å². The van der Waals surface area contributed by atoms with Crippen LogP contribution in [0.5, 0.6) is 0 Å². The first-order chi connectivity index (χ1) is 4.72. The molecule has 0 atom stereocenters. The fourth-order valence-electron chi connectivity index (χ4n) is 0.697. The highest BCUT2D eigenvalue weighted by Gasteiger charge is 2.00. The van der Waals surface area contributed by atoms with Crippen LogP contribution < -0.4 is 11.1 Å². The Balaban J connectivity index is 3.98. The van der Waals surface area contributed by atoms with Gasteiger partial charge >= 0.3 is 0 Å². The number of amides is 1. The summed E-state index contributed by atoms with van der Waals surface area (Å²) in [6.07, 6.45) is 2.68. The van der Waals surface area contributed by atoms with Crippen molar-refractivity contribution in [2.45, 2.75) is 13.3 Å². The van der Waals surface area contributed by atoms with Gasteiger partial charge in [0.15, 0.2) is 0 Å². The van der Waals surface area contributed by atoms with E-state index in [1.807, 2.05) is 13.0 Å². The Kier molecular flexibility index (Phi) is 4.58. The Morgan fingerprint density at radius 3 is 2.60 bits per heavy atom. The normalized spacial score (nSPS) is 11.6. The Morgan fingerprint density at radius 2 is 2.30 bits per heavy atom. The number of nitrogens with one attached hydrogen (secondary N) is 1. The van der Waals surface area contributed by atoms with E-state index in [1.165, 1.54) is 0 Å². The standard InChI is InChI=1S/C7H14N2O/c1-3-4-6(5-9-2)7(8)10/h4,9H,3,5H2,1-2H3,(H2,8,10). The Labute approximate surface area is 61.3 Å². The summed E-state index contributed by atoms with van der Waals surface area (Å²) in [6, 6.07) is 0. The third-order valence-corrected chi connectivity index (χ3v) is 1.13. The van der Waals surface area contributed by atoms with Gasteiger partial charge < -0.3 is 11.1 Å². The van der Waals surface area contributed by atoms with Crippen molar-refractivity contribution in [3.05, 3.63) is 11.6 Å². The largest absolute Gasteiger partial charge is 0.366 e. The van der Waals surface area contributed by atoms with Crippen molar-refractivity contribution in [2.24, 2.45) is 5.73 Å². The van der Waals surface area contributed by atoms with Gasteiger partial charge in [-0.05, 0) is 13.5 Å². The summed E-state index contributed by atoms with van der Waals surface area (Å²) in [5.74, 6) is -0.337. The summed E-state index contributed by atoms with van der Waals surface area (Å²) >= 11 is 0. The molecule has 1 amide bonds. The van der Waals surface area contributed by atoms with E-state index in [1.54, 1.807) is 7.05 Å². The van der Waals surface area contributed by atoms with Crippen LogP contribution in [0, 0.1) is 0 Å². The third kappa shape index (κ3) is 3.25. The molecule has 3 nitrogen and oxygen atoms in total. The third-order valence-electron chi connectivity index (χ3n) is 1.13. The molecule has 0 aromatic carbocycles. The Morgan fingerprint density at radius 1 is 1.70 bits per heavy atom. The summed E-state index contributed by atoms with van der Waals surface area (Å²) in [6.45, 7) is 2.53. The maximum absolute atomic E-state index is 10.6. The molecule has 58 valence electrons. The van der Waals surface area contributed by atoms with Gasteiger partial charge in [0.2, 0.25) is 5.91 Å². The number of primary amides is 1. The second kappa shape index (κ2) is 4.99. The number of allylic oxidation sites excluding steroid dienone is 1. The summed E-state index contributed by atoms with van der Waals surface area (Å²) in [7, 11) is 1.78. The van der Waals surface area contributed by atoms with E-state index < -0.39 is 0 Å². The lowest BCUT2D eigenvalue weighted by molar-refractivity contribution is -0.114. The number of carbonyl (C=O) groups is 1. The molecule has 0 spiro atoms. The van der Waals surface area contributed by atoms with Crippen LogP contribution in [-0.4, -0.2) is 19.5 Å². The molecular weight excluding hydrogens is 128 g/mol. The van der Waals surface area contributed by atoms with Crippen LogP contribution in [0.4, 0.5) is 0 Å². The molecule has 0 aromatic rings. The number of hydrogen-bond donors (Lipinski definition) is 2. The molecular formula is C7H14N2O. The van der Waals surface area contributed by atoms with E-state index >= 15 is 0 Å². The predicted molar refractivity (Wildman–Crippen MR) is 41.5 cm³/mol. The molecule has 0 saturated heterocycles. The summed E-state index contributed by atoms with van der Waals surface area (Å²) in [4.78, 5) is 10.6. The minimum absolute atomic E-state index is 0.337. The zero-order valence-electron chi connectivity index (χ0n) is 6.48. The quantitative estimate of drug-likeness (QED) is 0.544. The first-order valence-corrected chi connectivity index (χ1v) is 3.35. The molecule has 0 heterocycles. The van der Waals surface area contributed by atoms with Crippen molar-refractivity contribution in [3.8, 4) is 0 Å². The lowest BCUT2D eigenvalue weighted by atomic mass is 10.2. The van der Waals surface area contributed by atoms with E-state index in [2.05, 4.69) is 5.32 Å². The minimum Gasteiger partial charge on any atom is -0.366 e. The molecule has 10 heavy (non-hydrogen) atoms. The number of carbonyl (C=O) groups excluding carboxylic acids is 1. The van der Waals surface area contributed by atoms with Gasteiger partial charge in [0.05, 0.1) is 0 Å². The molecule has 0 fully saturated rings. The molecule has 0 radical (unpaired) electrons. The van der Waals surface area contributed by atoms with Gasteiger partial charge in [0.1, 0.15) is 0 Å². The van der Waals surface area contributed by atoms with Crippen molar-refractivity contribution in [3.63, 3.8) is 0 Å². The van der Waals surface area contributed by atoms with Gasteiger partial charge in [-0.25, -0.2) is 0 Å². The SMILES string of the molecule is CCC=C(CNC)C(N)=O. The first-order valence-electron chi connectivity index (χ1n) is 3.35. The molecule has 0 bridgehead atoms. The van der Waals surface area contributed by atoms with Gasteiger partial charge in [-0.3, -0.25) is 4.79 Å². The highest BCUT2D eigenvalue weighted by atomic mass is 16.1. The van der Waals surface area contributed by atoms with Crippen LogP contribution in [0.3, 0.4) is 0 Å². The number of nitrogens with two attached hydrogens (primary N) is 1. The van der Waals surface area contributed by atoms with Crippen molar-refractivity contribution >= 4 is 5.91 Å². The molecule has 3 N–H and O–H groups in total. The second-order valence-electron chi connectivity index (χ2n) is 2.03. The van der Waals surface area contributed by atoms with E-state index in [0.29, 0.717) is 12.1 Å². The highest BCUT2D eigenvalue weighted by Crippen LogP contribution is 1.92. The van der Waals surface area contributed by atoms with E-state index in [0.717, 1.165) is 6.42 Å². The highest BCUT2D eigenvalue weighted by molar-refractivity contribution is 5.92. The molecule has 0 aromatic heterocycles. The number of rotatable bonds is 4. The minimum atomic E-state index is -0.337. The average Bonchev–Trinajstić information content (AvgIpc) is 1.87. The van der Waals surface area contributed by atoms with E-state index in [4.69, 9.17) is 5.73 Å². The fraction of sp³-hybridized carbons (Fsp3) is 0.571. The monoisotopic (exact) mass is 142 g/mol. The van der Waals surface area contributed by atoms with Crippen LogP contribution in [0.25, 0.3) is 0 Å². The molecule has 0 aliphatic carbocycles. The molecule has 0 saturated carbocycles. The Hall–Kier alpha value is -0.830. The van der Waals surface area contributed by atoms with Gasteiger partial charge in [-0.1, -0.05) is 13.0 Å². The van der Waals surface area contributed by atoms with Crippen molar-refractivity contribution in [1.29, 1.82) is 0 Å². The second-order valence-corrected chi connectivity index (χ2v) is 2.03. The van der Waals surface area contributed by atoms with Crippen LogP contribution in [0.15, 0.2) is 11.6 Å². The predicted octanol–water partition coefficient (Wildman–Crippen LogP) is 0.0275. The van der Waals surface area contributed by atoms with E-state index in [-0.39, 0.29) is 5.91 Å². The Bertz CT molecular complexity index is 141. The lowest BCUT2D eigenvalue weighted by Gasteiger charge is -1.99. The van der Waals surface area contributed by atoms with Crippen molar-refractivity contribution in [2.75, 3.05) is 13.6 Å². The molecule has 0 unspecified atom stereocenters. The zero-order valence-corrected chi connectivity index (χ0v) is 6.48. The molecule has 0 rings (SSSR count). The van der Waals surface area contributed by atoms with Crippen molar-refractivity contribution < 1.29 is 4.79 Å². The summed E-state index contributed by atoms with van der Waals surface area (Å²) in [5.41, 5.74) is 5.72. The van der Waals surface area contributed by atoms with E-state index in [9.17, 15) is 4.79 Å². The average molecular weight is 142 g/mol. The molecule has 0 aliphatic rings. The topological polar surface area (TPSA) is 55.1 Å². The molecule has 3 heteroatoms. The van der Waals surface area contributed by atoms with Crippen molar-refractivity contribution in [1.82, 2.24) is 5.32 Å². The first kappa shape index (κ1) is 9.17. The maximum atomic E-state index is 10.6. The van der Waals surface area contributed by atoms with Gasteiger partial charge in [0, 0.05) is 12.1 Å². The van der Waals surface area contributed by atoms with Crippen LogP contribution >= 0.6 is 0 Å². The summed E-state index contributed by atoms with van der Waals surface area (Å²) < 4.78 is 0. The zero-order chi connectivity index (χ0) is 7.98. The molecule has 0 aliphatic heterocycles. The smallest absolute Gasteiger partial charge is 0.245 e.